The number of carbonyl (C=O) groups is 1. The van der Waals surface area contributed by atoms with Gasteiger partial charge in [0, 0.05) is 6.54 Å². The molecule has 1 amide bonds. The summed E-state index contributed by atoms with van der Waals surface area (Å²) >= 11 is 0. The molecule has 0 rings (SSSR count). The first kappa shape index (κ1) is 11.2. The van der Waals surface area contributed by atoms with Gasteiger partial charge in [0.2, 0.25) is 0 Å². The minimum atomic E-state index is -4.21. The molecule has 0 aliphatic rings. The molecule has 0 aliphatic heterocycles. The summed E-state index contributed by atoms with van der Waals surface area (Å²) in [4.78, 5) is 10.7. The minimum absolute atomic E-state index is 0.373. The molecule has 0 aromatic carbocycles. The molecule has 0 heterocycles. The zero-order valence-electron chi connectivity index (χ0n) is 6.74. The number of nitrogens with one attached hydrogen (secondary N) is 1. The van der Waals surface area contributed by atoms with Crippen LogP contribution in [0, 0.1) is 0 Å². The minimum Gasteiger partial charge on any atom is -0.351 e. The van der Waals surface area contributed by atoms with Crippen molar-refractivity contribution in [1.82, 2.24) is 5.32 Å². The summed E-state index contributed by atoms with van der Waals surface area (Å²) in [6.07, 6.45) is -5.21. The molecular formula is C6H12F3N2O+. The summed E-state index contributed by atoms with van der Waals surface area (Å²) < 4.78 is 34.6. The summed E-state index contributed by atoms with van der Waals surface area (Å²) in [6, 6.07) is -0.516. The highest BCUT2D eigenvalue weighted by atomic mass is 19.4. The van der Waals surface area contributed by atoms with E-state index in [0.717, 1.165) is 0 Å². The Morgan fingerprint density at radius 2 is 2.08 bits per heavy atom. The molecule has 3 nitrogen and oxygen atoms in total. The van der Waals surface area contributed by atoms with Gasteiger partial charge < -0.3 is 11.1 Å². The number of hydrogen-bond donors (Lipinski definition) is 2. The number of hydrogen-bond acceptors (Lipinski definition) is 1. The lowest BCUT2D eigenvalue weighted by atomic mass is 10.3. The molecule has 0 saturated carbocycles. The fourth-order valence-electron chi connectivity index (χ4n) is 0.502. The highest BCUT2D eigenvalue weighted by molar-refractivity contribution is 5.79. The number of halogens is 3. The number of rotatable bonds is 3. The number of carbonyl (C=O) groups excluding carboxylic acids is 1. The Hall–Kier alpha value is -0.780. The first-order chi connectivity index (χ1) is 5.33. The quantitative estimate of drug-likeness (QED) is 0.622. The average molecular weight is 185 g/mol. The van der Waals surface area contributed by atoms with Gasteiger partial charge in [-0.1, -0.05) is 0 Å². The molecular weight excluding hydrogens is 173 g/mol. The van der Waals surface area contributed by atoms with Crippen molar-refractivity contribution in [3.8, 4) is 0 Å². The van der Waals surface area contributed by atoms with Crippen LogP contribution in [0.25, 0.3) is 0 Å². The molecule has 4 N–H and O–H groups in total. The van der Waals surface area contributed by atoms with Crippen LogP contribution in [0.1, 0.15) is 13.3 Å². The van der Waals surface area contributed by atoms with E-state index in [1.807, 2.05) is 0 Å². The summed E-state index contributed by atoms with van der Waals surface area (Å²) in [5, 5.41) is 2.12. The van der Waals surface area contributed by atoms with Crippen LogP contribution in [0.5, 0.6) is 0 Å². The van der Waals surface area contributed by atoms with Gasteiger partial charge in [0.25, 0.3) is 5.91 Å². The van der Waals surface area contributed by atoms with E-state index in [-0.39, 0.29) is 6.54 Å². The fraction of sp³-hybridized carbons (Fsp3) is 0.833. The first-order valence-electron chi connectivity index (χ1n) is 3.50. The van der Waals surface area contributed by atoms with Crippen molar-refractivity contribution in [1.29, 1.82) is 0 Å². The van der Waals surface area contributed by atoms with Gasteiger partial charge >= 0.3 is 6.18 Å². The summed E-state index contributed by atoms with van der Waals surface area (Å²) in [5.74, 6) is -0.459. The van der Waals surface area contributed by atoms with Gasteiger partial charge in [-0.25, -0.2) is 0 Å². The second kappa shape index (κ2) is 4.30. The molecule has 6 heteroatoms. The van der Waals surface area contributed by atoms with E-state index < -0.39 is 24.5 Å². The number of amides is 1. The largest absolute Gasteiger partial charge is 0.390 e. The van der Waals surface area contributed by atoms with E-state index in [4.69, 9.17) is 0 Å². The van der Waals surface area contributed by atoms with Crippen molar-refractivity contribution in [2.75, 3.05) is 6.54 Å². The molecule has 0 fully saturated rings. The molecule has 0 saturated heterocycles. The summed E-state index contributed by atoms with van der Waals surface area (Å²) in [7, 11) is 0. The highest BCUT2D eigenvalue weighted by Crippen LogP contribution is 2.17. The van der Waals surface area contributed by atoms with Gasteiger partial charge in [0.1, 0.15) is 0 Å². The average Bonchev–Trinajstić information content (AvgIpc) is 1.84. The zero-order chi connectivity index (χ0) is 9.78. The Morgan fingerprint density at radius 3 is 2.42 bits per heavy atom. The van der Waals surface area contributed by atoms with Crippen LogP contribution in [-0.4, -0.2) is 24.7 Å². The molecule has 72 valence electrons. The predicted octanol–water partition coefficient (Wildman–Crippen LogP) is -0.315. The Morgan fingerprint density at radius 1 is 1.58 bits per heavy atom. The van der Waals surface area contributed by atoms with Crippen molar-refractivity contribution in [2.45, 2.75) is 25.6 Å². The predicted molar refractivity (Wildman–Crippen MR) is 36.0 cm³/mol. The van der Waals surface area contributed by atoms with Crippen molar-refractivity contribution >= 4 is 5.91 Å². The van der Waals surface area contributed by atoms with Crippen LogP contribution < -0.4 is 11.1 Å². The SMILES string of the molecule is C[C@@H]([NH3+])C(=O)NCCC(F)(F)F. The standard InChI is InChI=1S/C6H11F3N2O/c1-4(10)5(12)11-3-2-6(7,8)9/h4H,2-3,10H2,1H3,(H,11,12)/p+1/t4-/m1/s1. The maximum Gasteiger partial charge on any atom is 0.390 e. The molecule has 0 spiro atoms. The van der Waals surface area contributed by atoms with Crippen LogP contribution in [0.15, 0.2) is 0 Å². The number of alkyl halides is 3. The lowest BCUT2D eigenvalue weighted by molar-refractivity contribution is -0.398. The van der Waals surface area contributed by atoms with E-state index in [1.54, 1.807) is 0 Å². The van der Waals surface area contributed by atoms with Crippen molar-refractivity contribution in [3.63, 3.8) is 0 Å². The van der Waals surface area contributed by atoms with Gasteiger partial charge in [0.05, 0.1) is 6.42 Å². The third-order valence-electron chi connectivity index (χ3n) is 1.16. The Labute approximate surface area is 68.1 Å². The molecule has 0 aromatic rings. The third-order valence-corrected chi connectivity index (χ3v) is 1.16. The zero-order valence-corrected chi connectivity index (χ0v) is 6.74. The molecule has 0 aromatic heterocycles. The molecule has 1 atom stereocenters. The lowest BCUT2D eigenvalue weighted by Crippen LogP contribution is -2.65. The van der Waals surface area contributed by atoms with Gasteiger partial charge in [0.15, 0.2) is 6.04 Å². The lowest BCUT2D eigenvalue weighted by Gasteiger charge is -2.07. The van der Waals surface area contributed by atoms with Crippen LogP contribution in [0.2, 0.25) is 0 Å². The smallest absolute Gasteiger partial charge is 0.351 e. The van der Waals surface area contributed by atoms with Crippen LogP contribution in [0.4, 0.5) is 13.2 Å². The van der Waals surface area contributed by atoms with Gasteiger partial charge in [-0.2, -0.15) is 13.2 Å². The van der Waals surface area contributed by atoms with E-state index in [9.17, 15) is 18.0 Å². The van der Waals surface area contributed by atoms with E-state index >= 15 is 0 Å². The Kier molecular flexibility index (Phi) is 4.02. The maximum atomic E-state index is 11.5. The van der Waals surface area contributed by atoms with Gasteiger partial charge in [-0.15, -0.1) is 0 Å². The van der Waals surface area contributed by atoms with Crippen molar-refractivity contribution in [2.24, 2.45) is 0 Å². The molecule has 12 heavy (non-hydrogen) atoms. The van der Waals surface area contributed by atoms with Crippen LogP contribution >= 0.6 is 0 Å². The highest BCUT2D eigenvalue weighted by Gasteiger charge is 2.26. The van der Waals surface area contributed by atoms with E-state index in [0.29, 0.717) is 0 Å². The maximum absolute atomic E-state index is 11.5. The molecule has 0 aliphatic carbocycles. The van der Waals surface area contributed by atoms with Crippen LogP contribution in [0.3, 0.4) is 0 Å². The van der Waals surface area contributed by atoms with Gasteiger partial charge in [-0.3, -0.25) is 4.79 Å². The second-order valence-electron chi connectivity index (χ2n) is 2.56. The van der Waals surface area contributed by atoms with Gasteiger partial charge in [-0.05, 0) is 6.92 Å². The normalized spacial score (nSPS) is 14.1. The molecule has 0 radical (unpaired) electrons. The monoisotopic (exact) mass is 185 g/mol. The van der Waals surface area contributed by atoms with E-state index in [2.05, 4.69) is 11.1 Å². The Bertz CT molecular complexity index is 155. The first-order valence-corrected chi connectivity index (χ1v) is 3.50. The number of quaternary nitrogens is 1. The molecule has 0 bridgehead atoms. The van der Waals surface area contributed by atoms with E-state index in [1.165, 1.54) is 6.92 Å². The van der Waals surface area contributed by atoms with Crippen molar-refractivity contribution in [3.05, 3.63) is 0 Å². The second-order valence-corrected chi connectivity index (χ2v) is 2.56. The van der Waals surface area contributed by atoms with Crippen molar-refractivity contribution < 1.29 is 23.7 Å². The topological polar surface area (TPSA) is 56.7 Å². The Balaban J connectivity index is 3.51. The summed E-state index contributed by atoms with van der Waals surface area (Å²) in [6.45, 7) is 1.14. The molecule has 0 unspecified atom stereocenters. The van der Waals surface area contributed by atoms with Crippen LogP contribution in [-0.2, 0) is 4.79 Å². The fourth-order valence-corrected chi connectivity index (χ4v) is 0.502. The summed E-state index contributed by atoms with van der Waals surface area (Å²) in [5.41, 5.74) is 3.36. The third kappa shape index (κ3) is 5.96.